The Kier molecular flexibility index (Phi) is 3.51. The molecular weight excluding hydrogens is 254 g/mol. The number of hydrogen-bond acceptors (Lipinski definition) is 5. The number of carbonyl (C=O) groups excluding carboxylic acids is 1. The summed E-state index contributed by atoms with van der Waals surface area (Å²) in [6.45, 7) is 1.43. The van der Waals surface area contributed by atoms with Crippen molar-refractivity contribution in [2.45, 2.75) is 19.4 Å². The number of hydrogen-bond donors (Lipinski definition) is 2. The van der Waals surface area contributed by atoms with Gasteiger partial charge < -0.3 is 10.6 Å². The van der Waals surface area contributed by atoms with Crippen LogP contribution in [-0.4, -0.2) is 36.9 Å². The normalized spacial score (nSPS) is 21.5. The molecule has 98 valence electrons. The summed E-state index contributed by atoms with van der Waals surface area (Å²) in [5, 5.41) is 5.69. The van der Waals surface area contributed by atoms with E-state index in [0.717, 1.165) is 0 Å². The van der Waals surface area contributed by atoms with Gasteiger partial charge in [-0.3, -0.25) is 4.79 Å². The minimum Gasteiger partial charge on any atom is -0.366 e. The smallest absolute Gasteiger partial charge is 0.221 e. The summed E-state index contributed by atoms with van der Waals surface area (Å²) in [7, 11) is -2.89. The first kappa shape index (κ1) is 12.8. The van der Waals surface area contributed by atoms with Gasteiger partial charge in [0, 0.05) is 13.0 Å². The summed E-state index contributed by atoms with van der Waals surface area (Å²) >= 11 is 0. The third-order valence-electron chi connectivity index (χ3n) is 2.67. The number of nitrogens with zero attached hydrogens (tertiary/aromatic N) is 1. The van der Waals surface area contributed by atoms with Crippen molar-refractivity contribution in [1.29, 1.82) is 0 Å². The molecule has 1 aliphatic heterocycles. The summed E-state index contributed by atoms with van der Waals surface area (Å²) in [6.07, 6.45) is 2.14. The van der Waals surface area contributed by atoms with Gasteiger partial charge in [-0.1, -0.05) is 0 Å². The lowest BCUT2D eigenvalue weighted by molar-refractivity contribution is -0.114. The van der Waals surface area contributed by atoms with Crippen LogP contribution in [0.15, 0.2) is 18.3 Å². The first-order valence-electron chi connectivity index (χ1n) is 5.65. The number of rotatable bonds is 3. The lowest BCUT2D eigenvalue weighted by atomic mass is 10.2. The van der Waals surface area contributed by atoms with Crippen LogP contribution in [0.1, 0.15) is 13.3 Å². The van der Waals surface area contributed by atoms with Crippen molar-refractivity contribution in [3.05, 3.63) is 18.3 Å². The van der Waals surface area contributed by atoms with E-state index in [1.807, 2.05) is 0 Å². The zero-order valence-electron chi connectivity index (χ0n) is 10.0. The highest BCUT2D eigenvalue weighted by Crippen LogP contribution is 2.17. The van der Waals surface area contributed by atoms with Gasteiger partial charge in [0.25, 0.3) is 0 Å². The second kappa shape index (κ2) is 4.93. The minimum absolute atomic E-state index is 0.0749. The Hall–Kier alpha value is -1.63. The highest BCUT2D eigenvalue weighted by molar-refractivity contribution is 7.91. The largest absolute Gasteiger partial charge is 0.366 e. The van der Waals surface area contributed by atoms with Gasteiger partial charge in [0.05, 0.1) is 23.4 Å². The number of sulfone groups is 1. The topological polar surface area (TPSA) is 88.2 Å². The Bertz CT molecular complexity index is 539. The lowest BCUT2D eigenvalue weighted by Crippen LogP contribution is -2.21. The van der Waals surface area contributed by atoms with E-state index in [2.05, 4.69) is 15.6 Å². The molecule has 0 radical (unpaired) electrons. The molecule has 2 rings (SSSR count). The van der Waals surface area contributed by atoms with Crippen LogP contribution in [0.3, 0.4) is 0 Å². The van der Waals surface area contributed by atoms with Crippen LogP contribution in [-0.2, 0) is 14.6 Å². The summed E-state index contributed by atoms with van der Waals surface area (Å²) in [6, 6.07) is 3.37. The third-order valence-corrected chi connectivity index (χ3v) is 4.44. The zero-order chi connectivity index (χ0) is 13.2. The van der Waals surface area contributed by atoms with Gasteiger partial charge >= 0.3 is 0 Å². The molecule has 1 unspecified atom stereocenters. The highest BCUT2D eigenvalue weighted by atomic mass is 32.2. The maximum Gasteiger partial charge on any atom is 0.221 e. The number of amides is 1. The molecule has 1 aromatic heterocycles. The molecule has 1 aliphatic rings. The van der Waals surface area contributed by atoms with Crippen molar-refractivity contribution >= 4 is 27.2 Å². The molecule has 6 nitrogen and oxygen atoms in total. The number of carbonyl (C=O) groups is 1. The SMILES string of the molecule is CC(=O)Nc1ccc(NC2CCS(=O)(=O)C2)nc1. The van der Waals surface area contributed by atoms with Crippen LogP contribution >= 0.6 is 0 Å². The van der Waals surface area contributed by atoms with Crippen LogP contribution in [0.2, 0.25) is 0 Å². The van der Waals surface area contributed by atoms with Crippen LogP contribution in [0, 0.1) is 0 Å². The van der Waals surface area contributed by atoms with Crippen LogP contribution in [0.4, 0.5) is 11.5 Å². The average Bonchev–Trinajstić information content (AvgIpc) is 2.60. The first-order chi connectivity index (χ1) is 8.44. The van der Waals surface area contributed by atoms with Crippen LogP contribution < -0.4 is 10.6 Å². The Morgan fingerprint density at radius 1 is 1.44 bits per heavy atom. The van der Waals surface area contributed by atoms with Gasteiger partial charge in [0.2, 0.25) is 5.91 Å². The van der Waals surface area contributed by atoms with Crippen molar-refractivity contribution in [2.75, 3.05) is 22.1 Å². The fourth-order valence-corrected chi connectivity index (χ4v) is 3.55. The zero-order valence-corrected chi connectivity index (χ0v) is 10.8. The molecular formula is C11H15N3O3S. The fraction of sp³-hybridized carbons (Fsp3) is 0.455. The molecule has 0 aliphatic carbocycles. The standard InChI is InChI=1S/C11H15N3O3S/c1-8(15)13-9-2-3-11(12-6-9)14-10-4-5-18(16,17)7-10/h2-3,6,10H,4-5,7H2,1H3,(H,12,14)(H,13,15). The summed E-state index contributed by atoms with van der Waals surface area (Å²) in [5.74, 6) is 0.849. The number of nitrogens with one attached hydrogen (secondary N) is 2. The Morgan fingerprint density at radius 3 is 2.72 bits per heavy atom. The van der Waals surface area contributed by atoms with Crippen molar-refractivity contribution in [3.63, 3.8) is 0 Å². The monoisotopic (exact) mass is 269 g/mol. The Morgan fingerprint density at radius 2 is 2.22 bits per heavy atom. The van der Waals surface area contributed by atoms with E-state index >= 15 is 0 Å². The predicted molar refractivity (Wildman–Crippen MR) is 69.2 cm³/mol. The van der Waals surface area contributed by atoms with Crippen LogP contribution in [0.5, 0.6) is 0 Å². The van der Waals surface area contributed by atoms with E-state index in [-0.39, 0.29) is 23.5 Å². The molecule has 7 heteroatoms. The van der Waals surface area contributed by atoms with E-state index in [0.29, 0.717) is 17.9 Å². The summed E-state index contributed by atoms with van der Waals surface area (Å²) < 4.78 is 22.6. The molecule has 0 saturated carbocycles. The van der Waals surface area contributed by atoms with Crippen LogP contribution in [0.25, 0.3) is 0 Å². The molecule has 1 amide bonds. The van der Waals surface area contributed by atoms with Gasteiger partial charge in [-0.15, -0.1) is 0 Å². The quantitative estimate of drug-likeness (QED) is 0.840. The van der Waals surface area contributed by atoms with Gasteiger partial charge in [-0.25, -0.2) is 13.4 Å². The van der Waals surface area contributed by atoms with E-state index in [1.165, 1.54) is 13.1 Å². The van der Waals surface area contributed by atoms with Gasteiger partial charge in [0.15, 0.2) is 9.84 Å². The maximum absolute atomic E-state index is 11.3. The second-order valence-corrected chi connectivity index (χ2v) is 6.59. The van der Waals surface area contributed by atoms with E-state index in [9.17, 15) is 13.2 Å². The molecule has 1 atom stereocenters. The molecule has 2 N–H and O–H groups in total. The fourth-order valence-electron chi connectivity index (χ4n) is 1.87. The number of anilines is 2. The van der Waals surface area contributed by atoms with E-state index in [1.54, 1.807) is 12.1 Å². The Labute approximate surface area is 106 Å². The number of pyridine rings is 1. The molecule has 0 aromatic carbocycles. The molecule has 18 heavy (non-hydrogen) atoms. The van der Waals surface area contributed by atoms with Crippen molar-refractivity contribution < 1.29 is 13.2 Å². The second-order valence-electron chi connectivity index (χ2n) is 4.36. The first-order valence-corrected chi connectivity index (χ1v) is 7.47. The van der Waals surface area contributed by atoms with Crippen molar-refractivity contribution in [1.82, 2.24) is 4.98 Å². The van der Waals surface area contributed by atoms with Crippen molar-refractivity contribution in [2.24, 2.45) is 0 Å². The highest BCUT2D eigenvalue weighted by Gasteiger charge is 2.27. The Balaban J connectivity index is 1.97. The molecule has 1 aromatic rings. The molecule has 0 spiro atoms. The third kappa shape index (κ3) is 3.43. The number of aromatic nitrogens is 1. The van der Waals surface area contributed by atoms with Gasteiger partial charge in [-0.05, 0) is 18.6 Å². The van der Waals surface area contributed by atoms with Crippen molar-refractivity contribution in [3.8, 4) is 0 Å². The van der Waals surface area contributed by atoms with Gasteiger partial charge in [-0.2, -0.15) is 0 Å². The molecule has 0 bridgehead atoms. The predicted octanol–water partition coefficient (Wildman–Crippen LogP) is 0.639. The molecule has 1 saturated heterocycles. The maximum atomic E-state index is 11.3. The average molecular weight is 269 g/mol. The van der Waals surface area contributed by atoms with E-state index in [4.69, 9.17) is 0 Å². The lowest BCUT2D eigenvalue weighted by Gasteiger charge is -2.11. The minimum atomic E-state index is -2.89. The summed E-state index contributed by atoms with van der Waals surface area (Å²) in [5.41, 5.74) is 0.618. The molecule has 1 fully saturated rings. The van der Waals surface area contributed by atoms with E-state index < -0.39 is 9.84 Å². The van der Waals surface area contributed by atoms with Gasteiger partial charge in [0.1, 0.15) is 5.82 Å². The molecule has 2 heterocycles. The summed E-state index contributed by atoms with van der Waals surface area (Å²) in [4.78, 5) is 14.9.